The first-order valence-electron chi connectivity index (χ1n) is 9.06. The van der Waals surface area contributed by atoms with Crippen LogP contribution in [0.4, 0.5) is 5.00 Å². The summed E-state index contributed by atoms with van der Waals surface area (Å²) < 4.78 is 6.68. The monoisotopic (exact) mass is 472 g/mol. The predicted octanol–water partition coefficient (Wildman–Crippen LogP) is 5.56. The van der Waals surface area contributed by atoms with E-state index in [1.807, 2.05) is 50.2 Å². The van der Waals surface area contributed by atoms with Crippen LogP contribution >= 0.6 is 27.3 Å². The summed E-state index contributed by atoms with van der Waals surface area (Å²) >= 11 is 4.82. The maximum absolute atomic E-state index is 12.6. The third-order valence-electron chi connectivity index (χ3n) is 4.26. The minimum absolute atomic E-state index is 0.243. The van der Waals surface area contributed by atoms with E-state index in [0.717, 1.165) is 20.7 Å². The Morgan fingerprint density at radius 1 is 1.14 bits per heavy atom. The Morgan fingerprint density at radius 2 is 1.83 bits per heavy atom. The van der Waals surface area contributed by atoms with Gasteiger partial charge in [0.2, 0.25) is 0 Å². The van der Waals surface area contributed by atoms with Gasteiger partial charge in [-0.15, -0.1) is 11.3 Å². The Kier molecular flexibility index (Phi) is 6.71. The minimum atomic E-state index is -0.553. The lowest BCUT2D eigenvalue weighted by Crippen LogP contribution is -2.16. The molecule has 0 radical (unpaired) electrons. The van der Waals surface area contributed by atoms with Crippen LogP contribution in [0.5, 0.6) is 5.75 Å². The largest absolute Gasteiger partial charge is 0.488 e. The van der Waals surface area contributed by atoms with Gasteiger partial charge in [0.1, 0.15) is 17.4 Å². The number of anilines is 1. The number of ether oxygens (including phenoxy) is 1. The standard InChI is InChI=1S/C22H21BrN2O3S/c1-13(2)19-11-16(20(24)26)22(29-19)25-21(27)15-9-7-14(8-10-15)12-28-18-6-4-3-5-17(18)23/h3-11,13H,12H2,1-2H3,(H2,24,26)(H,25,27). The van der Waals surface area contributed by atoms with Gasteiger partial charge in [0.05, 0.1) is 10.0 Å². The van der Waals surface area contributed by atoms with Crippen molar-refractivity contribution in [2.45, 2.75) is 26.4 Å². The Morgan fingerprint density at radius 3 is 2.45 bits per heavy atom. The molecule has 0 atom stereocenters. The summed E-state index contributed by atoms with van der Waals surface area (Å²) in [6.07, 6.45) is 0. The number of primary amides is 1. The fourth-order valence-electron chi connectivity index (χ4n) is 2.62. The van der Waals surface area contributed by atoms with E-state index in [-0.39, 0.29) is 11.8 Å². The molecule has 1 aromatic heterocycles. The molecule has 0 unspecified atom stereocenters. The number of nitrogens with one attached hydrogen (secondary N) is 1. The Balaban J connectivity index is 1.68. The third-order valence-corrected chi connectivity index (χ3v) is 6.27. The highest BCUT2D eigenvalue weighted by Crippen LogP contribution is 2.33. The normalized spacial score (nSPS) is 10.8. The Hall–Kier alpha value is -2.64. The van der Waals surface area contributed by atoms with E-state index in [1.54, 1.807) is 18.2 Å². The van der Waals surface area contributed by atoms with Gasteiger partial charge in [0.15, 0.2) is 0 Å². The number of carbonyl (C=O) groups is 2. The zero-order chi connectivity index (χ0) is 21.0. The van der Waals surface area contributed by atoms with E-state index in [2.05, 4.69) is 21.2 Å². The van der Waals surface area contributed by atoms with Crippen molar-refractivity contribution >= 4 is 44.1 Å². The first-order valence-corrected chi connectivity index (χ1v) is 10.7. The zero-order valence-corrected chi connectivity index (χ0v) is 18.5. The first kappa shape index (κ1) is 21.1. The average Bonchev–Trinajstić information content (AvgIpc) is 3.12. The second-order valence-corrected chi connectivity index (χ2v) is 8.72. The molecule has 2 aromatic carbocycles. The molecule has 1 heterocycles. The molecule has 7 heteroatoms. The molecule has 0 aliphatic heterocycles. The Bertz CT molecular complexity index is 1030. The highest BCUT2D eigenvalue weighted by atomic mass is 79.9. The predicted molar refractivity (Wildman–Crippen MR) is 120 cm³/mol. The minimum Gasteiger partial charge on any atom is -0.488 e. The molecular formula is C22H21BrN2O3S. The molecule has 2 amide bonds. The van der Waals surface area contributed by atoms with Crippen molar-refractivity contribution in [1.82, 2.24) is 0 Å². The van der Waals surface area contributed by atoms with Gasteiger partial charge in [-0.25, -0.2) is 0 Å². The quantitative estimate of drug-likeness (QED) is 0.471. The van der Waals surface area contributed by atoms with E-state index in [1.165, 1.54) is 11.3 Å². The van der Waals surface area contributed by atoms with Crippen LogP contribution in [0.2, 0.25) is 0 Å². The number of halogens is 1. The summed E-state index contributed by atoms with van der Waals surface area (Å²) in [5.41, 5.74) is 7.22. The zero-order valence-electron chi connectivity index (χ0n) is 16.1. The van der Waals surface area contributed by atoms with Crippen molar-refractivity contribution in [3.05, 3.63) is 80.6 Å². The first-order chi connectivity index (χ1) is 13.8. The van der Waals surface area contributed by atoms with Crippen molar-refractivity contribution < 1.29 is 14.3 Å². The van der Waals surface area contributed by atoms with Crippen molar-refractivity contribution in [3.8, 4) is 5.75 Å². The molecule has 0 saturated carbocycles. The maximum atomic E-state index is 12.6. The topological polar surface area (TPSA) is 81.4 Å². The van der Waals surface area contributed by atoms with E-state index >= 15 is 0 Å². The molecule has 0 spiro atoms. The highest BCUT2D eigenvalue weighted by Gasteiger charge is 2.18. The van der Waals surface area contributed by atoms with Crippen LogP contribution in [0.25, 0.3) is 0 Å². The molecule has 0 fully saturated rings. The number of nitrogens with two attached hydrogens (primary N) is 1. The smallest absolute Gasteiger partial charge is 0.256 e. The van der Waals surface area contributed by atoms with E-state index < -0.39 is 5.91 Å². The van der Waals surface area contributed by atoms with Gasteiger partial charge in [0, 0.05) is 10.4 Å². The van der Waals surface area contributed by atoms with Gasteiger partial charge in [-0.05, 0) is 57.7 Å². The third kappa shape index (κ3) is 5.25. The molecular weight excluding hydrogens is 452 g/mol. The van der Waals surface area contributed by atoms with Crippen LogP contribution in [0, 0.1) is 0 Å². The van der Waals surface area contributed by atoms with Crippen LogP contribution < -0.4 is 15.8 Å². The van der Waals surface area contributed by atoms with Crippen molar-refractivity contribution in [2.75, 3.05) is 5.32 Å². The van der Waals surface area contributed by atoms with E-state index in [0.29, 0.717) is 22.7 Å². The number of hydrogen-bond acceptors (Lipinski definition) is 4. The van der Waals surface area contributed by atoms with E-state index in [9.17, 15) is 9.59 Å². The molecule has 5 nitrogen and oxygen atoms in total. The number of thiophene rings is 1. The second-order valence-electron chi connectivity index (χ2n) is 6.78. The fourth-order valence-corrected chi connectivity index (χ4v) is 4.08. The lowest BCUT2D eigenvalue weighted by Gasteiger charge is -2.09. The summed E-state index contributed by atoms with van der Waals surface area (Å²) in [5, 5.41) is 3.29. The van der Waals surface area contributed by atoms with Crippen molar-refractivity contribution in [3.63, 3.8) is 0 Å². The number of amides is 2. The molecule has 0 bridgehead atoms. The second kappa shape index (κ2) is 9.24. The molecule has 0 aliphatic rings. The lowest BCUT2D eigenvalue weighted by molar-refractivity contribution is 0.100. The molecule has 3 aromatic rings. The van der Waals surface area contributed by atoms with Crippen LogP contribution in [0.15, 0.2) is 59.1 Å². The maximum Gasteiger partial charge on any atom is 0.256 e. The van der Waals surface area contributed by atoms with Gasteiger partial charge in [-0.3, -0.25) is 9.59 Å². The summed E-state index contributed by atoms with van der Waals surface area (Å²) in [4.78, 5) is 25.3. The lowest BCUT2D eigenvalue weighted by atomic mass is 10.1. The molecule has 29 heavy (non-hydrogen) atoms. The van der Waals surface area contributed by atoms with Crippen LogP contribution in [0.1, 0.15) is 50.9 Å². The molecule has 0 saturated heterocycles. The number of benzene rings is 2. The van der Waals surface area contributed by atoms with Gasteiger partial charge in [0.25, 0.3) is 11.8 Å². The van der Waals surface area contributed by atoms with E-state index in [4.69, 9.17) is 10.5 Å². The van der Waals surface area contributed by atoms with Crippen LogP contribution in [-0.2, 0) is 6.61 Å². The van der Waals surface area contributed by atoms with Crippen molar-refractivity contribution in [2.24, 2.45) is 5.73 Å². The Labute approximate surface area is 182 Å². The fraction of sp³-hybridized carbons (Fsp3) is 0.182. The highest BCUT2D eigenvalue weighted by molar-refractivity contribution is 9.10. The van der Waals surface area contributed by atoms with Gasteiger partial charge in [-0.2, -0.15) is 0 Å². The summed E-state index contributed by atoms with van der Waals surface area (Å²) in [7, 11) is 0. The number of para-hydroxylation sites is 1. The molecule has 150 valence electrons. The van der Waals surface area contributed by atoms with Crippen LogP contribution in [-0.4, -0.2) is 11.8 Å². The van der Waals surface area contributed by atoms with Gasteiger partial charge in [-0.1, -0.05) is 38.1 Å². The summed E-state index contributed by atoms with van der Waals surface area (Å²) in [5.74, 6) is 0.158. The molecule has 0 aliphatic carbocycles. The van der Waals surface area contributed by atoms with Gasteiger partial charge >= 0.3 is 0 Å². The van der Waals surface area contributed by atoms with Crippen LogP contribution in [0.3, 0.4) is 0 Å². The molecule has 3 rings (SSSR count). The van der Waals surface area contributed by atoms with Crippen molar-refractivity contribution in [1.29, 1.82) is 0 Å². The summed E-state index contributed by atoms with van der Waals surface area (Å²) in [6, 6.07) is 16.5. The average molecular weight is 473 g/mol. The number of hydrogen-bond donors (Lipinski definition) is 2. The molecule has 3 N–H and O–H groups in total. The SMILES string of the molecule is CC(C)c1cc(C(N)=O)c(NC(=O)c2ccc(COc3ccccc3Br)cc2)s1. The summed E-state index contributed by atoms with van der Waals surface area (Å²) in [6.45, 7) is 4.44. The van der Waals surface area contributed by atoms with Gasteiger partial charge < -0.3 is 15.8 Å². The number of carbonyl (C=O) groups excluding carboxylic acids is 2. The number of rotatable bonds is 7.